The molecule has 0 saturated heterocycles. The van der Waals surface area contributed by atoms with E-state index in [1.54, 1.807) is 30.3 Å². The van der Waals surface area contributed by atoms with E-state index in [-0.39, 0.29) is 12.5 Å². The molecule has 2 N–H and O–H groups in total. The Morgan fingerprint density at radius 3 is 2.48 bits per heavy atom. The van der Waals surface area contributed by atoms with Gasteiger partial charge in [0.2, 0.25) is 0 Å². The number of amides is 1. The number of rotatable bonds is 8. The van der Waals surface area contributed by atoms with Crippen molar-refractivity contribution < 1.29 is 24.2 Å². The van der Waals surface area contributed by atoms with Gasteiger partial charge in [-0.2, -0.15) is 5.10 Å². The number of nitrogens with zero attached hydrogens (tertiary/aromatic N) is 1. The van der Waals surface area contributed by atoms with Crippen LogP contribution in [0.3, 0.4) is 0 Å². The Hall–Kier alpha value is -3.35. The maximum atomic E-state index is 11.7. The van der Waals surface area contributed by atoms with E-state index in [4.69, 9.17) is 14.6 Å². The summed E-state index contributed by atoms with van der Waals surface area (Å²) in [5, 5.41) is 12.4. The van der Waals surface area contributed by atoms with E-state index in [1.807, 2.05) is 25.1 Å². The van der Waals surface area contributed by atoms with Crippen LogP contribution in [0.4, 0.5) is 0 Å². The highest BCUT2D eigenvalue weighted by molar-refractivity contribution is 5.83. The molecule has 0 heterocycles. The second-order valence-electron chi connectivity index (χ2n) is 5.15. The Labute approximate surface area is 144 Å². The van der Waals surface area contributed by atoms with Crippen LogP contribution < -0.4 is 14.9 Å². The van der Waals surface area contributed by atoms with Gasteiger partial charge in [-0.3, -0.25) is 4.79 Å². The minimum atomic E-state index is -1.04. The molecule has 0 bridgehead atoms. The third kappa shape index (κ3) is 6.74. The summed E-state index contributed by atoms with van der Waals surface area (Å²) in [7, 11) is 0. The van der Waals surface area contributed by atoms with E-state index in [9.17, 15) is 9.59 Å². The predicted molar refractivity (Wildman–Crippen MR) is 92.0 cm³/mol. The molecule has 0 spiro atoms. The zero-order valence-electron chi connectivity index (χ0n) is 13.6. The highest BCUT2D eigenvalue weighted by Crippen LogP contribution is 2.12. The summed E-state index contributed by atoms with van der Waals surface area (Å²) in [6, 6.07) is 14.0. The third-order valence-electron chi connectivity index (χ3n) is 3.00. The molecule has 25 heavy (non-hydrogen) atoms. The van der Waals surface area contributed by atoms with Crippen LogP contribution in [0.25, 0.3) is 0 Å². The lowest BCUT2D eigenvalue weighted by atomic mass is 10.2. The number of aryl methyl sites for hydroxylation is 1. The number of carbonyl (C=O) groups is 2. The van der Waals surface area contributed by atoms with Crippen LogP contribution in [0.5, 0.6) is 11.5 Å². The molecule has 0 radical (unpaired) electrons. The maximum absolute atomic E-state index is 11.7. The smallest absolute Gasteiger partial charge is 0.341 e. The Morgan fingerprint density at radius 2 is 1.80 bits per heavy atom. The summed E-state index contributed by atoms with van der Waals surface area (Å²) in [5.74, 6) is -0.355. The zero-order valence-corrected chi connectivity index (χ0v) is 13.6. The van der Waals surface area contributed by atoms with Gasteiger partial charge >= 0.3 is 5.97 Å². The Balaban J connectivity index is 1.76. The quantitative estimate of drug-likeness (QED) is 0.565. The van der Waals surface area contributed by atoms with Gasteiger partial charge in [-0.1, -0.05) is 12.1 Å². The molecule has 0 unspecified atom stereocenters. The number of aliphatic carboxylic acids is 1. The second kappa shape index (κ2) is 9.07. The number of nitrogens with one attached hydrogen (secondary N) is 1. The molecule has 0 atom stereocenters. The van der Waals surface area contributed by atoms with Crippen molar-refractivity contribution in [3.63, 3.8) is 0 Å². The minimum absolute atomic E-state index is 0.136. The van der Waals surface area contributed by atoms with Crippen LogP contribution in [-0.2, 0) is 9.59 Å². The van der Waals surface area contributed by atoms with Crippen molar-refractivity contribution in [3.05, 3.63) is 59.7 Å². The summed E-state index contributed by atoms with van der Waals surface area (Å²) in [6.45, 7) is 1.41. The lowest BCUT2D eigenvalue weighted by Gasteiger charge is -2.05. The van der Waals surface area contributed by atoms with E-state index >= 15 is 0 Å². The van der Waals surface area contributed by atoms with Crippen LogP contribution in [0.15, 0.2) is 53.6 Å². The van der Waals surface area contributed by atoms with E-state index < -0.39 is 12.6 Å². The summed E-state index contributed by atoms with van der Waals surface area (Å²) >= 11 is 0. The average molecular weight is 342 g/mol. The molecule has 0 fully saturated rings. The maximum Gasteiger partial charge on any atom is 0.341 e. The van der Waals surface area contributed by atoms with Crippen LogP contribution in [-0.4, -0.2) is 36.4 Å². The number of hydrogen-bond acceptors (Lipinski definition) is 5. The van der Waals surface area contributed by atoms with Gasteiger partial charge in [0, 0.05) is 0 Å². The lowest BCUT2D eigenvalue weighted by molar-refractivity contribution is -0.139. The van der Waals surface area contributed by atoms with E-state index in [2.05, 4.69) is 10.5 Å². The highest BCUT2D eigenvalue weighted by Gasteiger charge is 2.02. The van der Waals surface area contributed by atoms with Crippen molar-refractivity contribution in [2.45, 2.75) is 6.92 Å². The normalized spacial score (nSPS) is 10.4. The first-order chi connectivity index (χ1) is 12.0. The Bertz CT molecular complexity index is 756. The summed E-state index contributed by atoms with van der Waals surface area (Å²) in [4.78, 5) is 22.1. The van der Waals surface area contributed by atoms with Crippen molar-refractivity contribution in [2.24, 2.45) is 5.10 Å². The van der Waals surface area contributed by atoms with Crippen LogP contribution in [0, 0.1) is 6.92 Å². The molecule has 2 rings (SSSR count). The van der Waals surface area contributed by atoms with E-state index in [0.717, 1.165) is 11.1 Å². The van der Waals surface area contributed by atoms with Gasteiger partial charge in [-0.15, -0.1) is 0 Å². The van der Waals surface area contributed by atoms with Crippen LogP contribution in [0.2, 0.25) is 0 Å². The Kier molecular flexibility index (Phi) is 6.53. The molecule has 7 heteroatoms. The minimum Gasteiger partial charge on any atom is -0.484 e. The van der Waals surface area contributed by atoms with Crippen molar-refractivity contribution in [1.82, 2.24) is 5.43 Å². The third-order valence-corrected chi connectivity index (χ3v) is 3.00. The van der Waals surface area contributed by atoms with Gasteiger partial charge in [-0.25, -0.2) is 10.2 Å². The van der Waals surface area contributed by atoms with Gasteiger partial charge in [0.15, 0.2) is 13.2 Å². The number of carboxylic acid groups (broad SMARTS) is 1. The largest absolute Gasteiger partial charge is 0.484 e. The molecule has 7 nitrogen and oxygen atoms in total. The number of hydrogen-bond donors (Lipinski definition) is 2. The fourth-order valence-corrected chi connectivity index (χ4v) is 1.86. The molecule has 0 aliphatic heterocycles. The summed E-state index contributed by atoms with van der Waals surface area (Å²) in [5.41, 5.74) is 4.14. The number of ether oxygens (including phenoxy) is 2. The average Bonchev–Trinajstić information content (AvgIpc) is 2.59. The fraction of sp³-hybridized carbons (Fsp3) is 0.167. The molecule has 0 saturated carbocycles. The molecular formula is C18H18N2O5. The first-order valence-corrected chi connectivity index (χ1v) is 7.49. The zero-order chi connectivity index (χ0) is 18.1. The topological polar surface area (TPSA) is 97.2 Å². The summed E-state index contributed by atoms with van der Waals surface area (Å²) in [6.07, 6.45) is 1.46. The van der Waals surface area contributed by atoms with E-state index in [1.165, 1.54) is 6.21 Å². The van der Waals surface area contributed by atoms with Gasteiger partial charge in [0.05, 0.1) is 6.21 Å². The van der Waals surface area contributed by atoms with Crippen LogP contribution >= 0.6 is 0 Å². The Morgan fingerprint density at radius 1 is 1.08 bits per heavy atom. The standard InChI is InChI=1S/C18H18N2O5/c1-13-3-2-4-16(9-13)24-11-17(21)20-19-10-14-5-7-15(8-6-14)25-12-18(22)23/h2-10H,11-12H2,1H3,(H,20,21)(H,22,23)/b19-10-. The van der Waals surface area contributed by atoms with Crippen LogP contribution in [0.1, 0.15) is 11.1 Å². The SMILES string of the molecule is Cc1cccc(OCC(=O)N/N=C\c2ccc(OCC(=O)O)cc2)c1. The molecule has 0 aromatic heterocycles. The van der Waals surface area contributed by atoms with Gasteiger partial charge in [0.25, 0.3) is 5.91 Å². The van der Waals surface area contributed by atoms with Crippen molar-refractivity contribution >= 4 is 18.1 Å². The predicted octanol–water partition coefficient (Wildman–Crippen LogP) is 1.99. The number of hydrazone groups is 1. The first-order valence-electron chi connectivity index (χ1n) is 7.49. The van der Waals surface area contributed by atoms with Crippen molar-refractivity contribution in [2.75, 3.05) is 13.2 Å². The molecule has 2 aromatic carbocycles. The molecule has 2 aromatic rings. The second-order valence-corrected chi connectivity index (χ2v) is 5.15. The fourth-order valence-electron chi connectivity index (χ4n) is 1.86. The number of benzene rings is 2. The monoisotopic (exact) mass is 342 g/mol. The molecule has 130 valence electrons. The van der Waals surface area contributed by atoms with Crippen molar-refractivity contribution in [1.29, 1.82) is 0 Å². The lowest BCUT2D eigenvalue weighted by Crippen LogP contribution is -2.24. The summed E-state index contributed by atoms with van der Waals surface area (Å²) < 4.78 is 10.4. The van der Waals surface area contributed by atoms with Crippen molar-refractivity contribution in [3.8, 4) is 11.5 Å². The van der Waals surface area contributed by atoms with Gasteiger partial charge in [-0.05, 0) is 54.4 Å². The van der Waals surface area contributed by atoms with Gasteiger partial charge < -0.3 is 14.6 Å². The molecule has 0 aliphatic carbocycles. The number of carbonyl (C=O) groups excluding carboxylic acids is 1. The number of carboxylic acids is 1. The molecule has 1 amide bonds. The molecule has 0 aliphatic rings. The molecular weight excluding hydrogens is 324 g/mol. The van der Waals surface area contributed by atoms with Gasteiger partial charge in [0.1, 0.15) is 11.5 Å². The highest BCUT2D eigenvalue weighted by atomic mass is 16.5. The van der Waals surface area contributed by atoms with E-state index in [0.29, 0.717) is 11.5 Å². The first kappa shape index (κ1) is 18.0.